The Morgan fingerprint density at radius 2 is 2.00 bits per heavy atom. The second-order valence-corrected chi connectivity index (χ2v) is 3.87. The van der Waals surface area contributed by atoms with Gasteiger partial charge in [-0.2, -0.15) is 5.10 Å². The van der Waals surface area contributed by atoms with Crippen LogP contribution in [0.25, 0.3) is 11.4 Å². The first-order valence-electron chi connectivity index (χ1n) is 5.09. The van der Waals surface area contributed by atoms with Gasteiger partial charge in [0, 0.05) is 29.4 Å². The average Bonchev–Trinajstić information content (AvgIpc) is 2.72. The molecule has 0 aliphatic heterocycles. The third kappa shape index (κ3) is 3.38. The number of non-ortho nitro benzene ring substituents is 1. The molecule has 2 aromatic rings. The van der Waals surface area contributed by atoms with E-state index in [1.807, 2.05) is 0 Å². The molecule has 2 rings (SSSR count). The average molecular weight is 284 g/mol. The van der Waals surface area contributed by atoms with Crippen LogP contribution in [-0.4, -0.2) is 19.7 Å². The maximum Gasteiger partial charge on any atom is 1.00 e. The molecule has 1 aromatic heterocycles. The predicted octanol–water partition coefficient (Wildman–Crippen LogP) is -1.05. The first-order chi connectivity index (χ1) is 8.63. The van der Waals surface area contributed by atoms with E-state index in [4.69, 9.17) is 12.6 Å². The quantitative estimate of drug-likeness (QED) is 0.235. The molecule has 8 heteroatoms. The summed E-state index contributed by atoms with van der Waals surface area (Å²) < 4.78 is 1.71. The van der Waals surface area contributed by atoms with Gasteiger partial charge >= 0.3 is 29.6 Å². The standard InChI is InChI=1S/C11H10N4O2S.Na/c1-2-7-14-10(12-13-11(14)18)8-3-5-9(6-4-8)15(16)17;/h2-6H,1,7H2,(H,13,18);/q;+1/p-1. The molecular formula is C11H9N4NaO2S. The molecule has 1 aromatic carbocycles. The number of nitro groups is 1. The number of nitrogens with zero attached hydrogens (tertiary/aromatic N) is 4. The fourth-order valence-corrected chi connectivity index (χ4v) is 1.73. The molecule has 0 fully saturated rings. The summed E-state index contributed by atoms with van der Waals surface area (Å²) >= 11 is 5.04. The van der Waals surface area contributed by atoms with Gasteiger partial charge in [-0.1, -0.05) is 6.08 Å². The molecule has 0 aliphatic rings. The predicted molar refractivity (Wildman–Crippen MR) is 67.9 cm³/mol. The van der Waals surface area contributed by atoms with E-state index in [0.29, 0.717) is 17.5 Å². The summed E-state index contributed by atoms with van der Waals surface area (Å²) in [5, 5.41) is 18.7. The third-order valence-corrected chi connectivity index (χ3v) is 2.67. The Labute approximate surface area is 137 Å². The monoisotopic (exact) mass is 284 g/mol. The SMILES string of the molecule is C=CCn1c([S-])nnc1-c1ccc([N+](=O)[O-])cc1.[Na+]. The van der Waals surface area contributed by atoms with E-state index in [0.717, 1.165) is 5.56 Å². The van der Waals surface area contributed by atoms with E-state index in [1.54, 1.807) is 22.8 Å². The molecule has 0 atom stereocenters. The van der Waals surface area contributed by atoms with Gasteiger partial charge in [0.25, 0.3) is 5.69 Å². The Balaban J connectivity index is 0.00000180. The summed E-state index contributed by atoms with van der Waals surface area (Å²) in [6.45, 7) is 4.13. The van der Waals surface area contributed by atoms with E-state index in [2.05, 4.69) is 16.8 Å². The van der Waals surface area contributed by atoms with Crippen molar-refractivity contribution < 1.29 is 34.5 Å². The van der Waals surface area contributed by atoms with E-state index in [9.17, 15) is 10.1 Å². The van der Waals surface area contributed by atoms with Crippen LogP contribution in [0, 0.1) is 10.1 Å². The summed E-state index contributed by atoms with van der Waals surface area (Å²) in [6.07, 6.45) is 1.69. The molecule has 0 radical (unpaired) electrons. The first kappa shape index (κ1) is 15.8. The molecule has 0 aliphatic carbocycles. The van der Waals surface area contributed by atoms with Gasteiger partial charge in [0.2, 0.25) is 0 Å². The van der Waals surface area contributed by atoms with Crippen LogP contribution in [0.2, 0.25) is 0 Å². The Morgan fingerprint density at radius 1 is 1.37 bits per heavy atom. The summed E-state index contributed by atoms with van der Waals surface area (Å²) in [7, 11) is 0. The van der Waals surface area contributed by atoms with Crippen LogP contribution < -0.4 is 29.6 Å². The number of hydrogen-bond acceptors (Lipinski definition) is 5. The topological polar surface area (TPSA) is 73.8 Å². The Bertz CT molecular complexity index is 597. The van der Waals surface area contributed by atoms with Crippen molar-refractivity contribution >= 4 is 18.3 Å². The third-order valence-electron chi connectivity index (χ3n) is 2.36. The van der Waals surface area contributed by atoms with Crippen molar-refractivity contribution in [2.24, 2.45) is 0 Å². The molecule has 19 heavy (non-hydrogen) atoms. The second-order valence-electron chi connectivity index (χ2n) is 3.51. The van der Waals surface area contributed by atoms with Crippen molar-refractivity contribution in [3.05, 3.63) is 47.0 Å². The maximum absolute atomic E-state index is 10.6. The van der Waals surface area contributed by atoms with Gasteiger partial charge in [0.1, 0.15) is 0 Å². The van der Waals surface area contributed by atoms with Crippen LogP contribution in [0.1, 0.15) is 0 Å². The molecule has 0 N–H and O–H groups in total. The number of nitro benzene ring substituents is 1. The minimum atomic E-state index is -0.448. The van der Waals surface area contributed by atoms with E-state index in [1.165, 1.54) is 12.1 Å². The van der Waals surface area contributed by atoms with Crippen molar-refractivity contribution in [1.29, 1.82) is 0 Å². The second kappa shape index (κ2) is 6.76. The van der Waals surface area contributed by atoms with Crippen LogP contribution in [0.5, 0.6) is 0 Å². The minimum Gasteiger partial charge on any atom is -0.740 e. The molecule has 0 saturated heterocycles. The molecular weight excluding hydrogens is 275 g/mol. The Morgan fingerprint density at radius 3 is 2.53 bits per heavy atom. The minimum absolute atomic E-state index is 0. The fraction of sp³-hybridized carbons (Fsp3) is 0.0909. The van der Waals surface area contributed by atoms with E-state index >= 15 is 0 Å². The molecule has 0 saturated carbocycles. The van der Waals surface area contributed by atoms with Crippen LogP contribution in [-0.2, 0) is 19.2 Å². The Hall–Kier alpha value is -1.28. The fourth-order valence-electron chi connectivity index (χ4n) is 1.53. The van der Waals surface area contributed by atoms with Crippen molar-refractivity contribution in [2.45, 2.75) is 11.7 Å². The first-order valence-corrected chi connectivity index (χ1v) is 5.50. The normalized spacial score (nSPS) is 9.68. The van der Waals surface area contributed by atoms with Crippen LogP contribution in [0.15, 0.2) is 42.1 Å². The molecule has 0 unspecified atom stereocenters. The summed E-state index contributed by atoms with van der Waals surface area (Å²) in [5.74, 6) is 0.579. The number of allylic oxidation sites excluding steroid dienone is 1. The largest absolute Gasteiger partial charge is 1.00 e. The van der Waals surface area contributed by atoms with Crippen molar-refractivity contribution in [3.8, 4) is 11.4 Å². The van der Waals surface area contributed by atoms with Crippen LogP contribution >= 0.6 is 0 Å². The Kier molecular flexibility index (Phi) is 5.61. The zero-order chi connectivity index (χ0) is 13.1. The molecule has 0 spiro atoms. The molecule has 92 valence electrons. The number of benzene rings is 1. The van der Waals surface area contributed by atoms with E-state index < -0.39 is 4.92 Å². The van der Waals surface area contributed by atoms with Crippen molar-refractivity contribution in [3.63, 3.8) is 0 Å². The summed E-state index contributed by atoms with van der Waals surface area (Å²) in [4.78, 5) is 10.1. The van der Waals surface area contributed by atoms with Gasteiger partial charge in [-0.25, -0.2) is 0 Å². The number of hydrogen-bond donors (Lipinski definition) is 0. The van der Waals surface area contributed by atoms with Gasteiger partial charge in [-0.15, -0.1) is 11.7 Å². The van der Waals surface area contributed by atoms with Gasteiger partial charge in [-0.3, -0.25) is 10.1 Å². The van der Waals surface area contributed by atoms with Gasteiger partial charge < -0.3 is 17.2 Å². The number of aromatic nitrogens is 3. The molecule has 6 nitrogen and oxygen atoms in total. The van der Waals surface area contributed by atoms with E-state index in [-0.39, 0.29) is 35.2 Å². The zero-order valence-electron chi connectivity index (χ0n) is 10.3. The van der Waals surface area contributed by atoms with Crippen LogP contribution in [0.3, 0.4) is 0 Å². The molecule has 0 bridgehead atoms. The molecule has 0 amide bonds. The smallest absolute Gasteiger partial charge is 0.740 e. The van der Waals surface area contributed by atoms with Gasteiger partial charge in [0.05, 0.1) is 4.92 Å². The zero-order valence-corrected chi connectivity index (χ0v) is 13.1. The van der Waals surface area contributed by atoms with Crippen LogP contribution in [0.4, 0.5) is 5.69 Å². The number of rotatable bonds is 4. The maximum atomic E-state index is 10.6. The van der Waals surface area contributed by atoms with Crippen molar-refractivity contribution in [2.75, 3.05) is 0 Å². The van der Waals surface area contributed by atoms with Crippen molar-refractivity contribution in [1.82, 2.24) is 14.8 Å². The summed E-state index contributed by atoms with van der Waals surface area (Å²) in [6, 6.07) is 6.09. The van der Waals surface area contributed by atoms with Gasteiger partial charge in [-0.05, 0) is 12.1 Å². The van der Waals surface area contributed by atoms with Gasteiger partial charge in [0.15, 0.2) is 5.82 Å². The molecule has 1 heterocycles. The summed E-state index contributed by atoms with van der Waals surface area (Å²) in [5.41, 5.74) is 0.762.